The van der Waals surface area contributed by atoms with Crippen molar-refractivity contribution in [3.8, 4) is 5.88 Å². The molecular weight excluding hydrogens is 288 g/mol. The van der Waals surface area contributed by atoms with Crippen molar-refractivity contribution in [3.63, 3.8) is 0 Å². The Morgan fingerprint density at radius 1 is 1.36 bits per heavy atom. The summed E-state index contributed by atoms with van der Waals surface area (Å²) >= 11 is 0. The van der Waals surface area contributed by atoms with Gasteiger partial charge < -0.3 is 25.0 Å². The molecule has 0 saturated heterocycles. The number of carbonyl (C=O) groups is 1. The number of nitrogens with zero attached hydrogens (tertiary/aromatic N) is 1. The van der Waals surface area contributed by atoms with Gasteiger partial charge in [0.25, 0.3) is 0 Å². The van der Waals surface area contributed by atoms with Crippen molar-refractivity contribution in [3.05, 3.63) is 23.4 Å². The van der Waals surface area contributed by atoms with E-state index in [1.54, 1.807) is 39.8 Å². The molecule has 7 heteroatoms. The van der Waals surface area contributed by atoms with Crippen LogP contribution in [0.25, 0.3) is 0 Å². The minimum absolute atomic E-state index is 0.137. The van der Waals surface area contributed by atoms with Crippen LogP contribution in [-0.4, -0.2) is 46.6 Å². The number of aliphatic hydroxyl groups is 2. The van der Waals surface area contributed by atoms with E-state index < -0.39 is 23.9 Å². The molecule has 124 valence electrons. The first kappa shape index (κ1) is 18.2. The van der Waals surface area contributed by atoms with Gasteiger partial charge in [-0.25, -0.2) is 9.78 Å². The Hall–Kier alpha value is -1.86. The van der Waals surface area contributed by atoms with Gasteiger partial charge in [-0.05, 0) is 33.8 Å². The van der Waals surface area contributed by atoms with Crippen molar-refractivity contribution in [2.24, 2.45) is 0 Å². The molecule has 22 heavy (non-hydrogen) atoms. The van der Waals surface area contributed by atoms with E-state index in [-0.39, 0.29) is 6.54 Å². The van der Waals surface area contributed by atoms with Gasteiger partial charge >= 0.3 is 6.09 Å². The van der Waals surface area contributed by atoms with Gasteiger partial charge in [0.1, 0.15) is 17.8 Å². The monoisotopic (exact) mass is 312 g/mol. The highest BCUT2D eigenvalue weighted by Gasteiger charge is 2.23. The number of aromatic nitrogens is 1. The van der Waals surface area contributed by atoms with E-state index in [1.807, 2.05) is 0 Å². The van der Waals surface area contributed by atoms with Crippen LogP contribution in [0.5, 0.6) is 5.88 Å². The predicted octanol–water partition coefficient (Wildman–Crippen LogP) is 1.32. The third-order valence-corrected chi connectivity index (χ3v) is 2.85. The molecule has 0 saturated carbocycles. The predicted molar refractivity (Wildman–Crippen MR) is 80.7 cm³/mol. The number of rotatable bonds is 5. The smallest absolute Gasteiger partial charge is 0.407 e. The number of hydrogen-bond acceptors (Lipinski definition) is 6. The van der Waals surface area contributed by atoms with Crippen LogP contribution in [-0.2, 0) is 4.74 Å². The summed E-state index contributed by atoms with van der Waals surface area (Å²) in [7, 11) is 1.50. The average molecular weight is 312 g/mol. The maximum absolute atomic E-state index is 11.5. The molecule has 0 bridgehead atoms. The van der Waals surface area contributed by atoms with Crippen molar-refractivity contribution >= 4 is 6.09 Å². The fraction of sp³-hybridized carbons (Fsp3) is 0.600. The molecule has 0 fully saturated rings. The fourth-order valence-electron chi connectivity index (χ4n) is 1.80. The van der Waals surface area contributed by atoms with E-state index >= 15 is 0 Å². The average Bonchev–Trinajstić information content (AvgIpc) is 2.42. The lowest BCUT2D eigenvalue weighted by atomic mass is 10.0. The molecule has 7 nitrogen and oxygen atoms in total. The molecule has 0 spiro atoms. The van der Waals surface area contributed by atoms with E-state index in [9.17, 15) is 15.0 Å². The topological polar surface area (TPSA) is 101 Å². The molecule has 1 heterocycles. The number of carbonyl (C=O) groups excluding carboxylic acids is 1. The van der Waals surface area contributed by atoms with E-state index in [2.05, 4.69) is 10.3 Å². The second-order valence-corrected chi connectivity index (χ2v) is 5.92. The van der Waals surface area contributed by atoms with Gasteiger partial charge in [-0.15, -0.1) is 0 Å². The third-order valence-electron chi connectivity index (χ3n) is 2.85. The minimum Gasteiger partial charge on any atom is -0.481 e. The molecule has 0 aliphatic carbocycles. The first-order valence-electron chi connectivity index (χ1n) is 6.98. The molecule has 0 aromatic carbocycles. The zero-order valence-corrected chi connectivity index (χ0v) is 13.6. The summed E-state index contributed by atoms with van der Waals surface area (Å²) in [5, 5.41) is 22.6. The first-order valence-corrected chi connectivity index (χ1v) is 6.98. The van der Waals surface area contributed by atoms with Crippen molar-refractivity contribution < 1.29 is 24.5 Å². The minimum atomic E-state index is -1.18. The third kappa shape index (κ3) is 5.50. The lowest BCUT2D eigenvalue weighted by molar-refractivity contribution is 0.0124. The van der Waals surface area contributed by atoms with E-state index in [1.165, 1.54) is 7.11 Å². The summed E-state index contributed by atoms with van der Waals surface area (Å²) in [5.41, 5.74) is 0.395. The fourth-order valence-corrected chi connectivity index (χ4v) is 1.80. The van der Waals surface area contributed by atoms with Crippen molar-refractivity contribution in [2.45, 2.75) is 45.5 Å². The van der Waals surface area contributed by atoms with Gasteiger partial charge in [0.05, 0.1) is 7.11 Å². The molecule has 1 rings (SSSR count). The van der Waals surface area contributed by atoms with Crippen LogP contribution >= 0.6 is 0 Å². The number of alkyl carbamates (subject to hydrolysis) is 1. The number of hydrogen-bond donors (Lipinski definition) is 3. The van der Waals surface area contributed by atoms with Crippen LogP contribution in [0.4, 0.5) is 4.79 Å². The SMILES string of the molecule is COc1ccc(C(O)C(O)CNC(=O)OC(C)(C)C)c(C)n1. The van der Waals surface area contributed by atoms with E-state index in [4.69, 9.17) is 9.47 Å². The van der Waals surface area contributed by atoms with Crippen molar-refractivity contribution in [2.75, 3.05) is 13.7 Å². The zero-order chi connectivity index (χ0) is 16.9. The van der Waals surface area contributed by atoms with Crippen molar-refractivity contribution in [1.82, 2.24) is 10.3 Å². The number of amides is 1. The number of aryl methyl sites for hydroxylation is 1. The van der Waals surface area contributed by atoms with Crippen LogP contribution in [0.1, 0.15) is 38.1 Å². The highest BCUT2D eigenvalue weighted by molar-refractivity contribution is 5.67. The Morgan fingerprint density at radius 2 is 2.00 bits per heavy atom. The van der Waals surface area contributed by atoms with Crippen LogP contribution in [0.3, 0.4) is 0 Å². The summed E-state index contributed by atoms with van der Waals surface area (Å²) in [6.07, 6.45) is -3.00. The summed E-state index contributed by atoms with van der Waals surface area (Å²) in [6, 6.07) is 3.22. The number of methoxy groups -OCH3 is 1. The summed E-state index contributed by atoms with van der Waals surface area (Å²) < 4.78 is 10.0. The Kier molecular flexibility index (Phi) is 6.13. The van der Waals surface area contributed by atoms with Gasteiger partial charge in [-0.1, -0.05) is 0 Å². The number of pyridine rings is 1. The summed E-state index contributed by atoms with van der Waals surface area (Å²) in [4.78, 5) is 15.7. The van der Waals surface area contributed by atoms with Crippen LogP contribution in [0.2, 0.25) is 0 Å². The van der Waals surface area contributed by atoms with Crippen LogP contribution in [0.15, 0.2) is 12.1 Å². The molecule has 0 aliphatic heterocycles. The summed E-state index contributed by atoms with van der Waals surface area (Å²) in [5.74, 6) is 0.426. The molecule has 0 radical (unpaired) electrons. The van der Waals surface area contributed by atoms with Gasteiger partial charge in [0.15, 0.2) is 0 Å². The van der Waals surface area contributed by atoms with Gasteiger partial charge in [0.2, 0.25) is 5.88 Å². The van der Waals surface area contributed by atoms with Crippen molar-refractivity contribution in [1.29, 1.82) is 0 Å². The maximum Gasteiger partial charge on any atom is 0.407 e. The van der Waals surface area contributed by atoms with Gasteiger partial charge in [-0.2, -0.15) is 0 Å². The molecule has 1 aromatic heterocycles. The number of ether oxygens (including phenoxy) is 2. The van der Waals surface area contributed by atoms with Crippen LogP contribution < -0.4 is 10.1 Å². The highest BCUT2D eigenvalue weighted by Crippen LogP contribution is 2.22. The Labute approximate surface area is 130 Å². The van der Waals surface area contributed by atoms with Gasteiger partial charge in [-0.3, -0.25) is 0 Å². The second kappa shape index (κ2) is 7.42. The number of nitrogens with one attached hydrogen (secondary N) is 1. The standard InChI is InChI=1S/C15H24N2O5/c1-9-10(6-7-12(17-9)21-5)13(19)11(18)8-16-14(20)22-15(2,3)4/h6-7,11,13,18-19H,8H2,1-5H3,(H,16,20). The molecule has 2 atom stereocenters. The van der Waals surface area contributed by atoms with Crippen LogP contribution in [0, 0.1) is 6.92 Å². The Balaban J connectivity index is 2.62. The Bertz CT molecular complexity index is 513. The lowest BCUT2D eigenvalue weighted by Crippen LogP contribution is -2.39. The molecular formula is C15H24N2O5. The normalized spacial score (nSPS) is 14.1. The highest BCUT2D eigenvalue weighted by atomic mass is 16.6. The molecule has 1 aromatic rings. The quantitative estimate of drug-likeness (QED) is 0.758. The largest absolute Gasteiger partial charge is 0.481 e. The van der Waals surface area contributed by atoms with E-state index in [0.717, 1.165) is 0 Å². The zero-order valence-electron chi connectivity index (χ0n) is 13.6. The molecule has 1 amide bonds. The van der Waals surface area contributed by atoms with Gasteiger partial charge in [0, 0.05) is 23.9 Å². The number of aliphatic hydroxyl groups excluding tert-OH is 2. The maximum atomic E-state index is 11.5. The summed E-state index contributed by atoms with van der Waals surface area (Å²) in [6.45, 7) is 6.79. The molecule has 2 unspecified atom stereocenters. The molecule has 3 N–H and O–H groups in total. The second-order valence-electron chi connectivity index (χ2n) is 5.92. The van der Waals surface area contributed by atoms with E-state index in [0.29, 0.717) is 17.1 Å². The lowest BCUT2D eigenvalue weighted by Gasteiger charge is -2.22. The molecule has 0 aliphatic rings. The first-order chi connectivity index (χ1) is 10.1. The Morgan fingerprint density at radius 3 is 2.50 bits per heavy atom.